The lowest BCUT2D eigenvalue weighted by molar-refractivity contribution is -0.140. The minimum Gasteiger partial charge on any atom is -0.507 e. The van der Waals surface area contributed by atoms with Crippen LogP contribution in [0, 0.1) is 6.92 Å². The van der Waals surface area contributed by atoms with E-state index in [-0.39, 0.29) is 11.3 Å². The summed E-state index contributed by atoms with van der Waals surface area (Å²) in [4.78, 5) is 30.0. The van der Waals surface area contributed by atoms with E-state index in [9.17, 15) is 14.7 Å². The van der Waals surface area contributed by atoms with Crippen LogP contribution in [-0.2, 0) is 9.59 Å². The highest BCUT2D eigenvalue weighted by molar-refractivity contribution is 6.46. The highest BCUT2D eigenvalue weighted by Crippen LogP contribution is 2.39. The topological polar surface area (TPSA) is 82.1 Å². The van der Waals surface area contributed by atoms with Crippen molar-refractivity contribution in [3.63, 3.8) is 0 Å². The van der Waals surface area contributed by atoms with Crippen LogP contribution in [-0.4, -0.2) is 73.0 Å². The summed E-state index contributed by atoms with van der Waals surface area (Å²) in [5.41, 5.74) is 2.50. The molecular formula is C25H29N3O4. The fourth-order valence-corrected chi connectivity index (χ4v) is 4.29. The quantitative estimate of drug-likeness (QED) is 0.412. The number of piperazine rings is 1. The minimum atomic E-state index is -0.649. The van der Waals surface area contributed by atoms with E-state index in [1.807, 2.05) is 31.2 Å². The number of benzene rings is 2. The van der Waals surface area contributed by atoms with Crippen LogP contribution in [0.5, 0.6) is 5.75 Å². The Morgan fingerprint density at radius 3 is 2.31 bits per heavy atom. The Morgan fingerprint density at radius 1 is 1.03 bits per heavy atom. The van der Waals surface area contributed by atoms with Crippen LogP contribution in [0.2, 0.25) is 0 Å². The van der Waals surface area contributed by atoms with Crippen LogP contribution < -0.4 is 10.1 Å². The van der Waals surface area contributed by atoms with Gasteiger partial charge in [-0.15, -0.1) is 0 Å². The SMILES string of the molecule is COc1ccc(C(O)=C2C(=O)C(=O)N(CCN3CCNCC3)[C@@H]2c2ccc(C)cc2)cc1. The number of carbonyl (C=O) groups excluding carboxylic acids is 2. The van der Waals surface area contributed by atoms with Crippen molar-refractivity contribution >= 4 is 17.4 Å². The number of hydrogen-bond donors (Lipinski definition) is 2. The van der Waals surface area contributed by atoms with Crippen LogP contribution in [0.25, 0.3) is 5.76 Å². The van der Waals surface area contributed by atoms with E-state index < -0.39 is 17.7 Å². The molecule has 0 aliphatic carbocycles. The van der Waals surface area contributed by atoms with Gasteiger partial charge in [0.1, 0.15) is 11.5 Å². The number of amides is 1. The summed E-state index contributed by atoms with van der Waals surface area (Å²) in [6.45, 7) is 6.73. The Hall–Kier alpha value is -3.16. The number of aliphatic hydroxyl groups excluding tert-OH is 1. The van der Waals surface area contributed by atoms with Crippen LogP contribution >= 0.6 is 0 Å². The van der Waals surface area contributed by atoms with Crippen molar-refractivity contribution in [1.82, 2.24) is 15.1 Å². The first kappa shape index (κ1) is 22.0. The molecule has 7 nitrogen and oxygen atoms in total. The summed E-state index contributed by atoms with van der Waals surface area (Å²) in [7, 11) is 1.57. The van der Waals surface area contributed by atoms with E-state index in [4.69, 9.17) is 4.74 Å². The van der Waals surface area contributed by atoms with Crippen molar-refractivity contribution in [2.24, 2.45) is 0 Å². The molecule has 32 heavy (non-hydrogen) atoms. The highest BCUT2D eigenvalue weighted by Gasteiger charge is 2.46. The average Bonchev–Trinajstić information content (AvgIpc) is 3.08. The number of likely N-dealkylation sites (tertiary alicyclic amines) is 1. The lowest BCUT2D eigenvalue weighted by Crippen LogP contribution is -2.46. The number of nitrogens with one attached hydrogen (secondary N) is 1. The fourth-order valence-electron chi connectivity index (χ4n) is 4.29. The molecular weight excluding hydrogens is 406 g/mol. The van der Waals surface area contributed by atoms with Crippen molar-refractivity contribution in [2.75, 3.05) is 46.4 Å². The maximum Gasteiger partial charge on any atom is 0.295 e. The van der Waals surface area contributed by atoms with Gasteiger partial charge in [-0.05, 0) is 36.8 Å². The van der Waals surface area contributed by atoms with Crippen molar-refractivity contribution in [2.45, 2.75) is 13.0 Å². The Kier molecular flexibility index (Phi) is 6.58. The number of aryl methyl sites for hydroxylation is 1. The van der Waals surface area contributed by atoms with Crippen molar-refractivity contribution in [3.05, 3.63) is 70.8 Å². The predicted octanol–water partition coefficient (Wildman–Crippen LogP) is 2.33. The second kappa shape index (κ2) is 9.54. The van der Waals surface area contributed by atoms with Gasteiger partial charge in [0.15, 0.2) is 0 Å². The Morgan fingerprint density at radius 2 is 1.69 bits per heavy atom. The van der Waals surface area contributed by atoms with Crippen LogP contribution in [0.15, 0.2) is 54.1 Å². The molecule has 0 unspecified atom stereocenters. The molecule has 2 aliphatic rings. The zero-order valence-electron chi connectivity index (χ0n) is 18.5. The standard InChI is InChI=1S/C25H29N3O4/c1-17-3-5-18(6-4-17)22-21(23(29)19-7-9-20(32-2)10-8-19)24(30)25(31)28(22)16-15-27-13-11-26-12-14-27/h3-10,22,26,29H,11-16H2,1-2H3/t22-/m1/s1. The molecule has 0 saturated carbocycles. The molecule has 2 N–H and O–H groups in total. The maximum absolute atomic E-state index is 13.1. The molecule has 2 fully saturated rings. The number of ether oxygens (including phenoxy) is 1. The molecule has 0 bridgehead atoms. The summed E-state index contributed by atoms with van der Waals surface area (Å²) in [6.07, 6.45) is 0. The third-order valence-corrected chi connectivity index (χ3v) is 6.16. The number of Topliss-reactive ketones (excluding diaryl/α,β-unsaturated/α-hetero) is 1. The second-order valence-corrected chi connectivity index (χ2v) is 8.22. The van der Waals surface area contributed by atoms with Gasteiger partial charge in [0.25, 0.3) is 11.7 Å². The van der Waals surface area contributed by atoms with E-state index >= 15 is 0 Å². The summed E-state index contributed by atoms with van der Waals surface area (Å²) in [5, 5.41) is 14.4. The van der Waals surface area contributed by atoms with Gasteiger partial charge in [0, 0.05) is 44.8 Å². The van der Waals surface area contributed by atoms with Crippen molar-refractivity contribution in [1.29, 1.82) is 0 Å². The van der Waals surface area contributed by atoms with Gasteiger partial charge < -0.3 is 20.1 Å². The third kappa shape index (κ3) is 4.40. The maximum atomic E-state index is 13.1. The number of aliphatic hydroxyl groups is 1. The first-order valence-corrected chi connectivity index (χ1v) is 10.9. The van der Waals surface area contributed by atoms with E-state index in [2.05, 4.69) is 10.2 Å². The number of methoxy groups -OCH3 is 1. The molecule has 4 rings (SSSR count). The Bertz CT molecular complexity index is 1010. The van der Waals surface area contributed by atoms with E-state index in [1.165, 1.54) is 0 Å². The Balaban J connectivity index is 1.71. The second-order valence-electron chi connectivity index (χ2n) is 8.22. The zero-order chi connectivity index (χ0) is 22.7. The lowest BCUT2D eigenvalue weighted by Gasteiger charge is -2.31. The summed E-state index contributed by atoms with van der Waals surface area (Å²) >= 11 is 0. The van der Waals surface area contributed by atoms with Gasteiger partial charge in [-0.2, -0.15) is 0 Å². The molecule has 2 heterocycles. The van der Waals surface area contributed by atoms with Crippen LogP contribution in [0.3, 0.4) is 0 Å². The monoisotopic (exact) mass is 435 g/mol. The van der Waals surface area contributed by atoms with E-state index in [0.717, 1.165) is 37.3 Å². The average molecular weight is 436 g/mol. The van der Waals surface area contributed by atoms with Gasteiger partial charge in [-0.3, -0.25) is 14.5 Å². The van der Waals surface area contributed by atoms with Gasteiger partial charge in [-0.25, -0.2) is 0 Å². The lowest BCUT2D eigenvalue weighted by atomic mass is 9.94. The molecule has 2 aromatic carbocycles. The number of ketones is 1. The van der Waals surface area contributed by atoms with Crippen molar-refractivity contribution in [3.8, 4) is 5.75 Å². The van der Waals surface area contributed by atoms with Crippen LogP contribution in [0.1, 0.15) is 22.7 Å². The third-order valence-electron chi connectivity index (χ3n) is 6.16. The molecule has 0 aromatic heterocycles. The van der Waals surface area contributed by atoms with Gasteiger partial charge in [0.05, 0.1) is 18.7 Å². The van der Waals surface area contributed by atoms with Crippen LogP contribution in [0.4, 0.5) is 0 Å². The number of hydrogen-bond acceptors (Lipinski definition) is 6. The molecule has 2 aromatic rings. The molecule has 1 atom stereocenters. The highest BCUT2D eigenvalue weighted by atomic mass is 16.5. The largest absolute Gasteiger partial charge is 0.507 e. The minimum absolute atomic E-state index is 0.129. The van der Waals surface area contributed by atoms with Gasteiger partial charge in [0.2, 0.25) is 0 Å². The molecule has 2 aliphatic heterocycles. The number of nitrogens with zero attached hydrogens (tertiary/aromatic N) is 2. The summed E-state index contributed by atoms with van der Waals surface area (Å²) in [5.74, 6) is -0.737. The first-order chi connectivity index (χ1) is 15.5. The van der Waals surface area contributed by atoms with E-state index in [0.29, 0.717) is 24.4 Å². The smallest absolute Gasteiger partial charge is 0.295 e. The predicted molar refractivity (Wildman–Crippen MR) is 122 cm³/mol. The number of carbonyl (C=O) groups is 2. The van der Waals surface area contributed by atoms with Crippen molar-refractivity contribution < 1.29 is 19.4 Å². The molecule has 1 amide bonds. The molecule has 0 spiro atoms. The number of rotatable bonds is 6. The molecule has 2 saturated heterocycles. The van der Waals surface area contributed by atoms with E-state index in [1.54, 1.807) is 36.3 Å². The molecule has 168 valence electrons. The van der Waals surface area contributed by atoms with Gasteiger partial charge in [-0.1, -0.05) is 29.8 Å². The first-order valence-electron chi connectivity index (χ1n) is 10.9. The molecule has 0 radical (unpaired) electrons. The Labute approximate surface area is 188 Å². The summed E-state index contributed by atoms with van der Waals surface area (Å²) < 4.78 is 5.18. The van der Waals surface area contributed by atoms with Gasteiger partial charge >= 0.3 is 0 Å². The zero-order valence-corrected chi connectivity index (χ0v) is 18.5. The molecule has 7 heteroatoms. The normalized spacial score (nSPS) is 21.2. The fraction of sp³-hybridized carbons (Fsp3) is 0.360. The summed E-state index contributed by atoms with van der Waals surface area (Å²) in [6, 6.07) is 13.9.